The fraction of sp³-hybridized carbons (Fsp3) is 0.415. The van der Waals surface area contributed by atoms with Gasteiger partial charge in [-0.2, -0.15) is 0 Å². The van der Waals surface area contributed by atoms with Crippen LogP contribution in [0.25, 0.3) is 22.2 Å². The van der Waals surface area contributed by atoms with Crippen LogP contribution in [0.5, 0.6) is 11.5 Å². The lowest BCUT2D eigenvalue weighted by atomic mass is 10.1. The van der Waals surface area contributed by atoms with E-state index in [1.807, 2.05) is 30.3 Å². The minimum atomic E-state index is -3.97. The van der Waals surface area contributed by atoms with Crippen molar-refractivity contribution < 1.29 is 46.6 Å². The molecule has 2 aromatic carbocycles. The highest BCUT2D eigenvalue weighted by Crippen LogP contribution is 2.45. The fourth-order valence-corrected chi connectivity index (χ4v) is 8.58. The van der Waals surface area contributed by atoms with E-state index >= 15 is 0 Å². The van der Waals surface area contributed by atoms with Gasteiger partial charge in [-0.15, -0.1) is 24.6 Å². The molecular weight excluding hydrogens is 804 g/mol. The van der Waals surface area contributed by atoms with Crippen LogP contribution in [0.2, 0.25) is 0 Å². The van der Waals surface area contributed by atoms with E-state index in [4.69, 9.17) is 37.2 Å². The largest absolute Gasteiger partial charge is 0.497 e. The molecule has 18 heteroatoms. The van der Waals surface area contributed by atoms with Crippen LogP contribution in [-0.4, -0.2) is 122 Å². The number of carbonyl (C=O) groups excluding carboxylic acids is 5. The SMILES string of the molecule is C#CCOC(=O)N[C@@H](CN(C)C(=O)CCCl)C(=O)N1C[C@H](Oc2cc(-c3ccccc3)nc3cc(OC)ccc23)C[C@H]1C(=O)N[C@]1(C(=O)NS(=O)(=O)C2CC2)C[C@H]1C=C. The lowest BCUT2D eigenvalue weighted by Crippen LogP contribution is -2.59. The Bertz CT molecular complexity index is 2280. The maximum Gasteiger partial charge on any atom is 0.408 e. The van der Waals surface area contributed by atoms with Crippen LogP contribution < -0.4 is 24.8 Å². The molecule has 1 aromatic heterocycles. The van der Waals surface area contributed by atoms with Gasteiger partial charge in [0.05, 0.1) is 30.1 Å². The number of halogens is 1. The zero-order valence-corrected chi connectivity index (χ0v) is 34.1. The Hall–Kier alpha value is -5.86. The number of alkyl halides is 1. The third kappa shape index (κ3) is 9.72. The number of carbonyl (C=O) groups is 5. The van der Waals surface area contributed by atoms with Crippen molar-refractivity contribution in [2.75, 3.05) is 39.7 Å². The monoisotopic (exact) mass is 848 g/mol. The van der Waals surface area contributed by atoms with Crippen molar-refractivity contribution in [3.05, 3.63) is 67.3 Å². The van der Waals surface area contributed by atoms with Gasteiger partial charge in [0.15, 0.2) is 6.61 Å². The van der Waals surface area contributed by atoms with E-state index < -0.39 is 81.2 Å². The standard InChI is InChI=1S/C41H45ClN6O10S/c1-5-18-57-40(53)44-33(24-47(3)36(49)16-17-42)38(51)48-23-28(20-34(48)37(50)45-41(22-26(41)6-2)39(52)46-59(54,55)29-13-14-29)58-35-21-31(25-10-8-7-9-11-25)43-32-19-27(56-4)12-15-30(32)35/h1,6-12,15,19,21,26,28-29,33-34H,2,13-14,16-18,20,22-24H2,3-4H3,(H,44,53)(H,45,50)(H,46,52)/t26-,28-,33+,34+,41-/m1/s1. The molecule has 0 unspecified atom stereocenters. The summed E-state index contributed by atoms with van der Waals surface area (Å²) in [6.07, 6.45) is 5.59. The number of likely N-dealkylation sites (N-methyl/N-ethyl adjacent to an activating group) is 1. The smallest absolute Gasteiger partial charge is 0.408 e. The lowest BCUT2D eigenvalue weighted by molar-refractivity contribution is -0.142. The molecule has 3 N–H and O–H groups in total. The Kier molecular flexibility index (Phi) is 13.0. The number of ether oxygens (including phenoxy) is 3. The first-order valence-corrected chi connectivity index (χ1v) is 21.0. The Balaban J connectivity index is 1.35. The van der Waals surface area contributed by atoms with E-state index in [-0.39, 0.29) is 38.2 Å². The highest BCUT2D eigenvalue weighted by molar-refractivity contribution is 7.91. The number of likely N-dealkylation sites (tertiary alicyclic amines) is 1. The number of rotatable bonds is 17. The van der Waals surface area contributed by atoms with Gasteiger partial charge in [-0.1, -0.05) is 42.3 Å². The van der Waals surface area contributed by atoms with E-state index in [1.54, 1.807) is 24.3 Å². The van der Waals surface area contributed by atoms with Gasteiger partial charge in [-0.05, 0) is 31.4 Å². The number of methoxy groups -OCH3 is 1. The molecule has 0 radical (unpaired) electrons. The Labute approximate surface area is 347 Å². The summed E-state index contributed by atoms with van der Waals surface area (Å²) in [5.74, 6) is -0.343. The summed E-state index contributed by atoms with van der Waals surface area (Å²) >= 11 is 5.80. The maximum absolute atomic E-state index is 14.6. The first-order chi connectivity index (χ1) is 28.2. The lowest BCUT2D eigenvalue weighted by Gasteiger charge is -2.31. The number of pyridine rings is 1. The van der Waals surface area contributed by atoms with Crippen molar-refractivity contribution in [1.82, 2.24) is 30.1 Å². The number of terminal acetylenes is 1. The summed E-state index contributed by atoms with van der Waals surface area (Å²) in [7, 11) is -1.00. The summed E-state index contributed by atoms with van der Waals surface area (Å²) in [5.41, 5.74) is 0.289. The summed E-state index contributed by atoms with van der Waals surface area (Å²) in [5, 5.41) is 5.13. The van der Waals surface area contributed by atoms with Gasteiger partial charge in [-0.3, -0.25) is 23.9 Å². The van der Waals surface area contributed by atoms with E-state index in [2.05, 4.69) is 27.9 Å². The second-order valence-electron chi connectivity index (χ2n) is 14.6. The molecule has 1 saturated heterocycles. The number of nitrogens with one attached hydrogen (secondary N) is 3. The number of fused-ring (bicyclic) bond motifs is 1. The Morgan fingerprint density at radius 3 is 2.54 bits per heavy atom. The highest BCUT2D eigenvalue weighted by atomic mass is 35.5. The molecule has 6 rings (SSSR count). The van der Waals surface area contributed by atoms with Crippen LogP contribution >= 0.6 is 11.6 Å². The average Bonchev–Trinajstić information content (AvgIpc) is 4.16. The number of nitrogens with zero attached hydrogens (tertiary/aromatic N) is 3. The zero-order valence-electron chi connectivity index (χ0n) is 32.5. The molecule has 3 aromatic rings. The molecule has 3 fully saturated rings. The third-order valence-electron chi connectivity index (χ3n) is 10.5. The molecule has 2 saturated carbocycles. The van der Waals surface area contributed by atoms with E-state index in [0.29, 0.717) is 40.9 Å². The van der Waals surface area contributed by atoms with Crippen LogP contribution in [0.4, 0.5) is 4.79 Å². The molecule has 312 valence electrons. The van der Waals surface area contributed by atoms with Crippen molar-refractivity contribution in [2.45, 2.75) is 61.1 Å². The van der Waals surface area contributed by atoms with E-state index in [1.165, 1.54) is 30.0 Å². The molecule has 1 aliphatic heterocycles. The average molecular weight is 849 g/mol. The molecule has 2 aliphatic carbocycles. The maximum atomic E-state index is 14.6. The Morgan fingerprint density at radius 2 is 1.90 bits per heavy atom. The third-order valence-corrected chi connectivity index (χ3v) is 12.5. The second-order valence-corrected chi connectivity index (χ2v) is 16.9. The minimum absolute atomic E-state index is 0.0122. The molecule has 0 spiro atoms. The molecular formula is C41H45ClN6O10S. The molecule has 5 atom stereocenters. The zero-order chi connectivity index (χ0) is 42.5. The van der Waals surface area contributed by atoms with Gasteiger partial charge in [0.25, 0.3) is 5.91 Å². The number of benzene rings is 2. The molecule has 5 amide bonds. The van der Waals surface area contributed by atoms with Crippen molar-refractivity contribution in [2.24, 2.45) is 5.92 Å². The van der Waals surface area contributed by atoms with E-state index in [0.717, 1.165) is 5.56 Å². The molecule has 3 aliphatic rings. The van der Waals surface area contributed by atoms with Crippen molar-refractivity contribution >= 4 is 62.2 Å². The summed E-state index contributed by atoms with van der Waals surface area (Å²) in [6.45, 7) is 2.84. The highest BCUT2D eigenvalue weighted by Gasteiger charge is 2.62. The number of aromatic nitrogens is 1. The van der Waals surface area contributed by atoms with Gasteiger partial charge in [-0.25, -0.2) is 18.2 Å². The van der Waals surface area contributed by atoms with Crippen LogP contribution in [-0.2, 0) is 33.9 Å². The van der Waals surface area contributed by atoms with Crippen molar-refractivity contribution in [3.8, 4) is 35.1 Å². The van der Waals surface area contributed by atoms with Crippen LogP contribution in [0.1, 0.15) is 32.1 Å². The topological polar surface area (TPSA) is 203 Å². The fourth-order valence-electron chi connectivity index (χ4n) is 7.06. The number of amides is 5. The predicted octanol–water partition coefficient (Wildman–Crippen LogP) is 2.74. The van der Waals surface area contributed by atoms with Crippen LogP contribution in [0.15, 0.2) is 67.3 Å². The molecule has 0 bridgehead atoms. The summed E-state index contributed by atoms with van der Waals surface area (Å²) in [4.78, 5) is 75.5. The van der Waals surface area contributed by atoms with Gasteiger partial charge in [0.2, 0.25) is 27.7 Å². The van der Waals surface area contributed by atoms with Gasteiger partial charge in [0.1, 0.15) is 35.2 Å². The summed E-state index contributed by atoms with van der Waals surface area (Å²) < 4.78 is 44.8. The van der Waals surface area contributed by atoms with Gasteiger partial charge >= 0.3 is 6.09 Å². The van der Waals surface area contributed by atoms with Gasteiger partial charge < -0.3 is 34.6 Å². The quantitative estimate of drug-likeness (QED) is 0.102. The molecule has 16 nitrogen and oxygen atoms in total. The molecule has 2 heterocycles. The second kappa shape index (κ2) is 18.0. The van der Waals surface area contributed by atoms with E-state index in [9.17, 15) is 32.4 Å². The van der Waals surface area contributed by atoms with Crippen LogP contribution in [0.3, 0.4) is 0 Å². The van der Waals surface area contributed by atoms with Crippen molar-refractivity contribution in [3.63, 3.8) is 0 Å². The first kappa shape index (κ1) is 42.7. The van der Waals surface area contributed by atoms with Crippen molar-refractivity contribution in [1.29, 1.82) is 0 Å². The summed E-state index contributed by atoms with van der Waals surface area (Å²) in [6, 6.07) is 13.7. The van der Waals surface area contributed by atoms with Crippen LogP contribution in [0, 0.1) is 18.3 Å². The number of sulfonamides is 1. The normalized spacial score (nSPS) is 21.3. The first-order valence-electron chi connectivity index (χ1n) is 18.9. The minimum Gasteiger partial charge on any atom is -0.497 e. The predicted molar refractivity (Wildman–Crippen MR) is 218 cm³/mol. The number of hydrogen-bond donors (Lipinski definition) is 3. The molecule has 59 heavy (non-hydrogen) atoms. The van der Waals surface area contributed by atoms with Gasteiger partial charge in [0, 0.05) is 61.3 Å². The number of hydrogen-bond acceptors (Lipinski definition) is 11. The Morgan fingerprint density at radius 1 is 1.15 bits per heavy atom. The number of alkyl carbamates (subject to hydrolysis) is 1.